The summed E-state index contributed by atoms with van der Waals surface area (Å²) in [6.45, 7) is 4.65. The average Bonchev–Trinajstić information content (AvgIpc) is 3.08. The van der Waals surface area contributed by atoms with E-state index in [0.29, 0.717) is 24.0 Å². The zero-order chi connectivity index (χ0) is 13.3. The molecular weight excluding hydrogens is 254 g/mol. The lowest BCUT2D eigenvalue weighted by molar-refractivity contribution is -0.269. The highest BCUT2D eigenvalue weighted by atomic mass is 16.6. The van der Waals surface area contributed by atoms with Gasteiger partial charge in [0.25, 0.3) is 0 Å². The van der Waals surface area contributed by atoms with E-state index in [1.165, 1.54) is 25.8 Å². The number of rotatable bonds is 0. The lowest BCUT2D eigenvalue weighted by Crippen LogP contribution is -2.84. The van der Waals surface area contributed by atoms with Crippen molar-refractivity contribution in [2.45, 2.75) is 56.5 Å². The van der Waals surface area contributed by atoms with Crippen molar-refractivity contribution in [3.8, 4) is 0 Å². The third-order valence-electron chi connectivity index (χ3n) is 7.80. The first-order valence-corrected chi connectivity index (χ1v) is 8.30. The molecule has 1 spiro atoms. The van der Waals surface area contributed by atoms with Crippen LogP contribution >= 0.6 is 0 Å². The predicted molar refractivity (Wildman–Crippen MR) is 69.9 cm³/mol. The van der Waals surface area contributed by atoms with Crippen LogP contribution in [0.25, 0.3) is 0 Å². The fraction of sp³-hybridized carbons (Fsp3) is 0.938. The van der Waals surface area contributed by atoms with Crippen LogP contribution in [0.3, 0.4) is 0 Å². The van der Waals surface area contributed by atoms with Crippen LogP contribution < -0.4 is 0 Å². The monoisotopic (exact) mass is 275 g/mol. The molecule has 4 heterocycles. The minimum absolute atomic E-state index is 0.0884. The summed E-state index contributed by atoms with van der Waals surface area (Å²) in [6.07, 6.45) is 5.67. The molecule has 6 fully saturated rings. The van der Waals surface area contributed by atoms with Crippen LogP contribution in [0.15, 0.2) is 0 Å². The molecule has 6 aliphatic rings. The smallest absolute Gasteiger partial charge is 0.310 e. The fourth-order valence-corrected chi connectivity index (χ4v) is 7.44. The van der Waals surface area contributed by atoms with E-state index in [-0.39, 0.29) is 28.9 Å². The Morgan fingerprint density at radius 1 is 1.35 bits per heavy atom. The predicted octanol–water partition coefficient (Wildman–Crippen LogP) is 1.19. The van der Waals surface area contributed by atoms with Crippen molar-refractivity contribution in [2.75, 3.05) is 13.1 Å². The number of hydrogen-bond acceptors (Lipinski definition) is 4. The number of piperidine rings is 2. The quantitative estimate of drug-likeness (QED) is 0.492. The van der Waals surface area contributed by atoms with E-state index in [1.54, 1.807) is 0 Å². The SMILES string of the molecule is CC1CC23C4CCCN2CC2OC2C13C1CC4OC1=O. The van der Waals surface area contributed by atoms with Crippen molar-refractivity contribution in [1.82, 2.24) is 4.90 Å². The minimum atomic E-state index is 0.0884. The van der Waals surface area contributed by atoms with E-state index >= 15 is 0 Å². The summed E-state index contributed by atoms with van der Waals surface area (Å²) in [4.78, 5) is 15.2. The van der Waals surface area contributed by atoms with Gasteiger partial charge in [-0.3, -0.25) is 9.69 Å². The highest BCUT2D eigenvalue weighted by Gasteiger charge is 2.86. The molecule has 108 valence electrons. The first-order chi connectivity index (χ1) is 9.69. The number of carbonyl (C=O) groups excluding carboxylic acids is 1. The van der Waals surface area contributed by atoms with Gasteiger partial charge >= 0.3 is 5.97 Å². The lowest BCUT2D eigenvalue weighted by Gasteiger charge is -2.75. The van der Waals surface area contributed by atoms with Crippen molar-refractivity contribution >= 4 is 5.97 Å². The Morgan fingerprint density at radius 2 is 2.25 bits per heavy atom. The second-order valence-corrected chi connectivity index (χ2v) is 8.02. The van der Waals surface area contributed by atoms with Crippen LogP contribution in [-0.2, 0) is 14.3 Å². The van der Waals surface area contributed by atoms with Gasteiger partial charge in [-0.05, 0) is 38.1 Å². The molecule has 0 aromatic heterocycles. The number of fused-ring (bicyclic) bond motifs is 4. The zero-order valence-corrected chi connectivity index (χ0v) is 11.9. The number of esters is 1. The van der Waals surface area contributed by atoms with Gasteiger partial charge in [0, 0.05) is 23.4 Å². The number of epoxide rings is 1. The number of nitrogens with zero attached hydrogens (tertiary/aromatic N) is 1. The Bertz CT molecular complexity index is 536. The maximum Gasteiger partial charge on any atom is 0.310 e. The van der Waals surface area contributed by atoms with Crippen molar-refractivity contribution in [3.63, 3.8) is 0 Å². The van der Waals surface area contributed by atoms with E-state index in [2.05, 4.69) is 11.8 Å². The van der Waals surface area contributed by atoms with E-state index < -0.39 is 0 Å². The second-order valence-electron chi connectivity index (χ2n) is 8.02. The molecule has 2 aliphatic carbocycles. The molecule has 4 heteroatoms. The van der Waals surface area contributed by atoms with Crippen molar-refractivity contribution in [3.05, 3.63) is 0 Å². The summed E-state index contributed by atoms with van der Waals surface area (Å²) in [6, 6.07) is 0. The van der Waals surface area contributed by atoms with Gasteiger partial charge in [0.15, 0.2) is 0 Å². The molecule has 20 heavy (non-hydrogen) atoms. The Labute approximate surface area is 118 Å². The number of ether oxygens (including phenoxy) is 2. The Hall–Kier alpha value is -0.610. The van der Waals surface area contributed by atoms with E-state index in [0.717, 1.165) is 13.0 Å². The third kappa shape index (κ3) is 0.822. The van der Waals surface area contributed by atoms with Crippen molar-refractivity contribution in [1.29, 1.82) is 0 Å². The molecule has 0 aromatic carbocycles. The molecule has 2 bridgehead atoms. The summed E-state index contributed by atoms with van der Waals surface area (Å²) >= 11 is 0. The Kier molecular flexibility index (Phi) is 1.63. The standard InChI is InChI=1S/C16H21NO3/c1-8-6-15-9-3-2-4-17(15)7-12-13(19-12)16(8,15)10-5-11(9)20-14(10)18/h8-13H,2-7H2,1H3. The Balaban J connectivity index is 1.63. The van der Waals surface area contributed by atoms with Gasteiger partial charge in [-0.1, -0.05) is 6.92 Å². The van der Waals surface area contributed by atoms with E-state index in [1.807, 2.05) is 0 Å². The molecule has 4 saturated heterocycles. The first kappa shape index (κ1) is 11.0. The molecule has 2 saturated carbocycles. The topological polar surface area (TPSA) is 42.1 Å². The summed E-state index contributed by atoms with van der Waals surface area (Å²) in [5.41, 5.74) is 0.327. The van der Waals surface area contributed by atoms with Gasteiger partial charge < -0.3 is 9.47 Å². The molecule has 4 aliphatic heterocycles. The van der Waals surface area contributed by atoms with Crippen molar-refractivity contribution < 1.29 is 14.3 Å². The highest BCUT2D eigenvalue weighted by Crippen LogP contribution is 2.78. The summed E-state index contributed by atoms with van der Waals surface area (Å²) in [5.74, 6) is 1.38. The van der Waals surface area contributed by atoms with E-state index in [4.69, 9.17) is 9.47 Å². The Morgan fingerprint density at radius 3 is 3.10 bits per heavy atom. The molecular formula is C16H21NO3. The number of carbonyl (C=O) groups is 1. The van der Waals surface area contributed by atoms with E-state index in [9.17, 15) is 4.79 Å². The van der Waals surface area contributed by atoms with Gasteiger partial charge in [0.05, 0.1) is 18.1 Å². The molecule has 0 N–H and O–H groups in total. The molecule has 6 rings (SSSR count). The molecule has 0 radical (unpaired) electrons. The lowest BCUT2D eigenvalue weighted by atomic mass is 9.34. The van der Waals surface area contributed by atoms with Crippen LogP contribution in [-0.4, -0.2) is 47.8 Å². The van der Waals surface area contributed by atoms with Gasteiger partial charge in [0.2, 0.25) is 0 Å². The highest BCUT2D eigenvalue weighted by molar-refractivity contribution is 5.78. The van der Waals surface area contributed by atoms with Gasteiger partial charge in [-0.15, -0.1) is 0 Å². The van der Waals surface area contributed by atoms with Crippen LogP contribution in [0.2, 0.25) is 0 Å². The summed E-state index contributed by atoms with van der Waals surface area (Å²) in [5, 5.41) is 0. The first-order valence-electron chi connectivity index (χ1n) is 8.30. The summed E-state index contributed by atoms with van der Waals surface area (Å²) < 4.78 is 11.9. The van der Waals surface area contributed by atoms with Crippen LogP contribution in [0.1, 0.15) is 32.6 Å². The number of hydrogen-bond donors (Lipinski definition) is 0. The summed E-state index contributed by atoms with van der Waals surface area (Å²) in [7, 11) is 0. The van der Waals surface area contributed by atoms with Gasteiger partial charge in [0.1, 0.15) is 6.10 Å². The largest absolute Gasteiger partial charge is 0.462 e. The minimum Gasteiger partial charge on any atom is -0.462 e. The molecule has 8 unspecified atom stereocenters. The fourth-order valence-electron chi connectivity index (χ4n) is 7.44. The van der Waals surface area contributed by atoms with Crippen LogP contribution in [0, 0.1) is 23.2 Å². The van der Waals surface area contributed by atoms with Gasteiger partial charge in [-0.2, -0.15) is 0 Å². The maximum absolute atomic E-state index is 12.5. The average molecular weight is 275 g/mol. The normalized spacial score (nSPS) is 65.5. The molecule has 0 amide bonds. The molecule has 4 nitrogen and oxygen atoms in total. The molecule has 0 aromatic rings. The third-order valence-corrected chi connectivity index (χ3v) is 7.80. The maximum atomic E-state index is 12.5. The zero-order valence-electron chi connectivity index (χ0n) is 11.9. The van der Waals surface area contributed by atoms with Crippen molar-refractivity contribution in [2.24, 2.45) is 23.2 Å². The van der Waals surface area contributed by atoms with Gasteiger partial charge in [-0.25, -0.2) is 0 Å². The van der Waals surface area contributed by atoms with Crippen LogP contribution in [0.5, 0.6) is 0 Å². The van der Waals surface area contributed by atoms with Crippen LogP contribution in [0.4, 0.5) is 0 Å². The second kappa shape index (κ2) is 2.95. The molecule has 8 atom stereocenters.